The van der Waals surface area contributed by atoms with E-state index >= 15 is 0 Å². The fourth-order valence-electron chi connectivity index (χ4n) is 3.79. The fourth-order valence-corrected chi connectivity index (χ4v) is 3.79. The summed E-state index contributed by atoms with van der Waals surface area (Å²) in [5, 5.41) is 6.00. The fraction of sp³-hybridized carbons (Fsp3) is 0.882. The Kier molecular flexibility index (Phi) is 6.90. The molecule has 2 bridgehead atoms. The quantitative estimate of drug-likeness (QED) is 0.731. The molecule has 2 saturated carbocycles. The lowest BCUT2D eigenvalue weighted by Crippen LogP contribution is -2.57. The molecule has 2 amide bonds. The number of carbonyl (C=O) groups excluding carboxylic acids is 2. The summed E-state index contributed by atoms with van der Waals surface area (Å²) in [5.41, 5.74) is 5.64. The molecule has 23 heavy (non-hydrogen) atoms. The summed E-state index contributed by atoms with van der Waals surface area (Å²) in [5.74, 6) is 0.824. The van der Waals surface area contributed by atoms with E-state index in [0.29, 0.717) is 11.8 Å². The summed E-state index contributed by atoms with van der Waals surface area (Å²) >= 11 is 0. The number of carbonyl (C=O) groups is 2. The zero-order chi connectivity index (χ0) is 16.5. The average Bonchev–Trinajstić information content (AvgIpc) is 2.38. The van der Waals surface area contributed by atoms with Crippen LogP contribution in [-0.4, -0.2) is 29.9 Å². The van der Waals surface area contributed by atoms with Crippen LogP contribution in [0.2, 0.25) is 0 Å². The summed E-state index contributed by atoms with van der Waals surface area (Å²) in [6.45, 7) is 7.29. The third-order valence-corrected chi connectivity index (χ3v) is 5.11. The van der Waals surface area contributed by atoms with Gasteiger partial charge in [0.1, 0.15) is 6.04 Å². The van der Waals surface area contributed by atoms with Crippen molar-refractivity contribution in [2.45, 2.75) is 77.9 Å². The molecule has 134 valence electrons. The summed E-state index contributed by atoms with van der Waals surface area (Å²) in [6, 6.07) is 0.0135. The van der Waals surface area contributed by atoms with Gasteiger partial charge >= 0.3 is 0 Å². The predicted molar refractivity (Wildman–Crippen MR) is 94.3 cm³/mol. The van der Waals surface area contributed by atoms with E-state index in [4.69, 9.17) is 5.73 Å². The van der Waals surface area contributed by atoms with Crippen LogP contribution in [0, 0.1) is 17.3 Å². The molecule has 0 aromatic carbocycles. The van der Waals surface area contributed by atoms with Crippen LogP contribution in [0.3, 0.4) is 0 Å². The van der Waals surface area contributed by atoms with Crippen LogP contribution in [0.25, 0.3) is 0 Å². The van der Waals surface area contributed by atoms with Crippen molar-refractivity contribution in [3.8, 4) is 0 Å². The number of amides is 2. The van der Waals surface area contributed by atoms with Gasteiger partial charge in [0, 0.05) is 17.5 Å². The van der Waals surface area contributed by atoms with Gasteiger partial charge in [0.2, 0.25) is 11.8 Å². The SMILES string of the molecule is CC(NC(=O)C(C)(C)C)C(=O)NC1C2CCCC1CC(N)C2.Cl. The van der Waals surface area contributed by atoms with Crippen LogP contribution in [-0.2, 0) is 9.59 Å². The van der Waals surface area contributed by atoms with E-state index in [-0.39, 0.29) is 36.3 Å². The summed E-state index contributed by atoms with van der Waals surface area (Å²) in [6.07, 6.45) is 5.55. The molecule has 2 rings (SSSR count). The maximum Gasteiger partial charge on any atom is 0.242 e. The Morgan fingerprint density at radius 3 is 2.13 bits per heavy atom. The lowest BCUT2D eigenvalue weighted by Gasteiger charge is -2.45. The second-order valence-corrected chi connectivity index (χ2v) is 8.16. The van der Waals surface area contributed by atoms with Gasteiger partial charge < -0.3 is 16.4 Å². The van der Waals surface area contributed by atoms with Gasteiger partial charge in [-0.05, 0) is 44.4 Å². The second kappa shape index (κ2) is 7.84. The average molecular weight is 346 g/mol. The molecule has 6 heteroatoms. The molecule has 5 nitrogen and oxygen atoms in total. The van der Waals surface area contributed by atoms with Gasteiger partial charge in [-0.25, -0.2) is 0 Å². The van der Waals surface area contributed by atoms with Crippen LogP contribution < -0.4 is 16.4 Å². The first-order valence-corrected chi connectivity index (χ1v) is 8.55. The lowest BCUT2D eigenvalue weighted by molar-refractivity contribution is -0.134. The number of halogens is 1. The number of hydrogen-bond donors (Lipinski definition) is 3. The molecule has 0 saturated heterocycles. The maximum atomic E-state index is 12.4. The molecule has 0 aromatic heterocycles. The Bertz CT molecular complexity index is 422. The third kappa shape index (κ3) is 5.08. The molecule has 0 spiro atoms. The van der Waals surface area contributed by atoms with Crippen LogP contribution in [0.15, 0.2) is 0 Å². The van der Waals surface area contributed by atoms with E-state index in [1.54, 1.807) is 6.92 Å². The largest absolute Gasteiger partial charge is 0.351 e. The highest BCUT2D eigenvalue weighted by molar-refractivity contribution is 5.89. The molecule has 0 heterocycles. The van der Waals surface area contributed by atoms with Crippen molar-refractivity contribution in [3.63, 3.8) is 0 Å². The monoisotopic (exact) mass is 345 g/mol. The Hall–Kier alpha value is -0.810. The second-order valence-electron chi connectivity index (χ2n) is 8.16. The Labute approximate surface area is 145 Å². The molecular weight excluding hydrogens is 314 g/mol. The summed E-state index contributed by atoms with van der Waals surface area (Å²) in [4.78, 5) is 24.4. The first-order valence-electron chi connectivity index (χ1n) is 8.55. The van der Waals surface area contributed by atoms with E-state index in [0.717, 1.165) is 25.7 Å². The Balaban J connectivity index is 0.00000264. The van der Waals surface area contributed by atoms with Gasteiger partial charge in [-0.1, -0.05) is 27.2 Å². The van der Waals surface area contributed by atoms with E-state index in [1.807, 2.05) is 20.8 Å². The van der Waals surface area contributed by atoms with Crippen LogP contribution >= 0.6 is 12.4 Å². The minimum absolute atomic E-state index is 0. The van der Waals surface area contributed by atoms with Crippen molar-refractivity contribution in [2.75, 3.05) is 0 Å². The van der Waals surface area contributed by atoms with E-state index in [2.05, 4.69) is 10.6 Å². The van der Waals surface area contributed by atoms with E-state index in [9.17, 15) is 9.59 Å². The zero-order valence-electron chi connectivity index (χ0n) is 14.7. The maximum absolute atomic E-state index is 12.4. The first-order chi connectivity index (χ1) is 10.2. The number of rotatable bonds is 3. The zero-order valence-corrected chi connectivity index (χ0v) is 15.5. The van der Waals surface area contributed by atoms with Gasteiger partial charge in [0.05, 0.1) is 0 Å². The molecule has 2 aliphatic carbocycles. The highest BCUT2D eigenvalue weighted by Gasteiger charge is 2.40. The van der Waals surface area contributed by atoms with E-state index < -0.39 is 11.5 Å². The van der Waals surface area contributed by atoms with Crippen molar-refractivity contribution < 1.29 is 9.59 Å². The standard InChI is InChI=1S/C17H31N3O2.ClH/c1-10(19-16(22)17(2,3)4)15(21)20-14-11-6-5-7-12(14)9-13(18)8-11;/h10-14H,5-9,18H2,1-4H3,(H,19,22)(H,20,21);1H. The molecule has 4 N–H and O–H groups in total. The normalized spacial score (nSPS) is 31.5. The van der Waals surface area contributed by atoms with Gasteiger partial charge in [-0.15, -0.1) is 12.4 Å². The number of nitrogens with one attached hydrogen (secondary N) is 2. The van der Waals surface area contributed by atoms with Crippen molar-refractivity contribution in [1.29, 1.82) is 0 Å². The van der Waals surface area contributed by atoms with Crippen molar-refractivity contribution in [1.82, 2.24) is 10.6 Å². The smallest absolute Gasteiger partial charge is 0.242 e. The van der Waals surface area contributed by atoms with Crippen molar-refractivity contribution in [3.05, 3.63) is 0 Å². The predicted octanol–water partition coefficient (Wildman–Crippen LogP) is 1.98. The molecule has 2 aliphatic rings. The van der Waals surface area contributed by atoms with Gasteiger partial charge in [0.25, 0.3) is 0 Å². The van der Waals surface area contributed by atoms with Crippen LogP contribution in [0.5, 0.6) is 0 Å². The van der Waals surface area contributed by atoms with Gasteiger partial charge in [-0.3, -0.25) is 9.59 Å². The summed E-state index contributed by atoms with van der Waals surface area (Å²) in [7, 11) is 0. The number of hydrogen-bond acceptors (Lipinski definition) is 3. The molecule has 0 radical (unpaired) electrons. The topological polar surface area (TPSA) is 84.2 Å². The van der Waals surface area contributed by atoms with Crippen molar-refractivity contribution >= 4 is 24.2 Å². The molecule has 0 aliphatic heterocycles. The van der Waals surface area contributed by atoms with Crippen molar-refractivity contribution in [2.24, 2.45) is 23.0 Å². The number of fused-ring (bicyclic) bond motifs is 2. The third-order valence-electron chi connectivity index (χ3n) is 5.11. The molecular formula is C17H32ClN3O2. The minimum atomic E-state index is -0.497. The molecule has 3 unspecified atom stereocenters. The molecule has 3 atom stereocenters. The Morgan fingerprint density at radius 2 is 1.65 bits per heavy atom. The van der Waals surface area contributed by atoms with Crippen LogP contribution in [0.4, 0.5) is 0 Å². The highest BCUT2D eigenvalue weighted by Crippen LogP contribution is 2.39. The van der Waals surface area contributed by atoms with Gasteiger partial charge in [0.15, 0.2) is 0 Å². The summed E-state index contributed by atoms with van der Waals surface area (Å²) < 4.78 is 0. The molecule has 0 aromatic rings. The van der Waals surface area contributed by atoms with E-state index in [1.165, 1.54) is 6.42 Å². The van der Waals surface area contributed by atoms with Gasteiger partial charge in [-0.2, -0.15) is 0 Å². The lowest BCUT2D eigenvalue weighted by atomic mass is 9.67. The number of nitrogens with two attached hydrogens (primary N) is 1. The van der Waals surface area contributed by atoms with Crippen LogP contribution in [0.1, 0.15) is 59.8 Å². The first kappa shape index (κ1) is 20.2. The minimum Gasteiger partial charge on any atom is -0.351 e. The Morgan fingerprint density at radius 1 is 1.13 bits per heavy atom. The molecule has 2 fully saturated rings. The highest BCUT2D eigenvalue weighted by atomic mass is 35.5.